The predicted molar refractivity (Wildman–Crippen MR) is 94.7 cm³/mol. The number of hydrogen-bond donors (Lipinski definition) is 2. The summed E-state index contributed by atoms with van der Waals surface area (Å²) < 4.78 is 16.4. The van der Waals surface area contributed by atoms with Crippen molar-refractivity contribution < 1.29 is 18.9 Å². The molecule has 0 aliphatic heterocycles. The molecule has 0 saturated carbocycles. The third-order valence-electron chi connectivity index (χ3n) is 3.72. The van der Waals surface area contributed by atoms with Crippen LogP contribution in [0.3, 0.4) is 0 Å². The minimum absolute atomic E-state index is 0.166. The first-order valence-corrected chi connectivity index (χ1v) is 8.98. The molecule has 3 aromatic rings. The van der Waals surface area contributed by atoms with Gasteiger partial charge in [0.1, 0.15) is 5.75 Å². The fraction of sp³-hybridized carbons (Fsp3) is 0.0526. The van der Waals surface area contributed by atoms with Crippen LogP contribution in [0.4, 0.5) is 0 Å². The number of hydrogen-bond acceptors (Lipinski definition) is 2. The smallest absolute Gasteiger partial charge is 0.404 e. The normalized spacial score (nSPS) is 11.3. The van der Waals surface area contributed by atoms with Gasteiger partial charge in [-0.3, -0.25) is 9.79 Å². The minimum atomic E-state index is -4.66. The molecule has 0 bridgehead atoms. The zero-order chi connectivity index (χ0) is 17.2. The summed E-state index contributed by atoms with van der Waals surface area (Å²) in [6, 6.07) is 22.6. The lowest BCUT2D eigenvalue weighted by atomic mass is 9.90. The third kappa shape index (κ3) is 3.57. The average Bonchev–Trinajstić information content (AvgIpc) is 2.56. The van der Waals surface area contributed by atoms with Gasteiger partial charge in [-0.15, -0.1) is 0 Å². The average molecular weight is 340 g/mol. The third-order valence-corrected chi connectivity index (χ3v) is 4.15. The fourth-order valence-corrected chi connectivity index (χ4v) is 3.17. The monoisotopic (exact) mass is 340 g/mol. The molecule has 0 aliphatic carbocycles. The molecular formula is C19H17O4P. The Morgan fingerprint density at radius 1 is 0.750 bits per heavy atom. The Balaban J connectivity index is 2.32. The number of phosphoric acid groups is 1. The van der Waals surface area contributed by atoms with Gasteiger partial charge in [0.25, 0.3) is 0 Å². The molecule has 0 radical (unpaired) electrons. The van der Waals surface area contributed by atoms with Crippen molar-refractivity contribution in [1.82, 2.24) is 0 Å². The Labute approximate surface area is 140 Å². The molecule has 0 saturated heterocycles. The molecule has 0 fully saturated rings. The minimum Gasteiger partial charge on any atom is -0.404 e. The van der Waals surface area contributed by atoms with Crippen molar-refractivity contribution in [2.24, 2.45) is 0 Å². The molecule has 24 heavy (non-hydrogen) atoms. The van der Waals surface area contributed by atoms with Crippen LogP contribution in [0, 0.1) is 6.92 Å². The summed E-state index contributed by atoms with van der Waals surface area (Å²) in [6.07, 6.45) is 0. The summed E-state index contributed by atoms with van der Waals surface area (Å²) in [5.74, 6) is 0.166. The van der Waals surface area contributed by atoms with Crippen molar-refractivity contribution in [3.05, 3.63) is 78.4 Å². The Morgan fingerprint density at radius 2 is 1.25 bits per heavy atom. The number of aryl methyl sites for hydroxylation is 1. The highest BCUT2D eigenvalue weighted by molar-refractivity contribution is 7.46. The molecule has 5 heteroatoms. The largest absolute Gasteiger partial charge is 0.524 e. The van der Waals surface area contributed by atoms with Gasteiger partial charge in [-0.2, -0.15) is 0 Å². The highest BCUT2D eigenvalue weighted by Gasteiger charge is 2.22. The molecule has 4 nitrogen and oxygen atoms in total. The molecule has 0 aromatic heterocycles. The predicted octanol–water partition coefficient (Wildman–Crippen LogP) is 4.80. The van der Waals surface area contributed by atoms with Crippen molar-refractivity contribution in [3.63, 3.8) is 0 Å². The summed E-state index contributed by atoms with van der Waals surface area (Å²) in [4.78, 5) is 18.5. The number of benzene rings is 3. The molecule has 0 unspecified atom stereocenters. The second-order valence-corrected chi connectivity index (χ2v) is 6.61. The van der Waals surface area contributed by atoms with E-state index in [0.29, 0.717) is 5.56 Å². The molecule has 0 spiro atoms. The fourth-order valence-electron chi connectivity index (χ4n) is 2.76. The van der Waals surface area contributed by atoms with Crippen LogP contribution >= 0.6 is 7.82 Å². The van der Waals surface area contributed by atoms with Crippen LogP contribution in [0.25, 0.3) is 22.3 Å². The van der Waals surface area contributed by atoms with E-state index in [0.717, 1.165) is 22.3 Å². The molecule has 2 N–H and O–H groups in total. The van der Waals surface area contributed by atoms with Crippen LogP contribution in [-0.2, 0) is 4.57 Å². The van der Waals surface area contributed by atoms with Crippen molar-refractivity contribution in [2.75, 3.05) is 0 Å². The van der Waals surface area contributed by atoms with Gasteiger partial charge in [0, 0.05) is 5.56 Å². The lowest BCUT2D eigenvalue weighted by Gasteiger charge is -2.18. The molecule has 0 heterocycles. The van der Waals surface area contributed by atoms with Gasteiger partial charge in [-0.1, -0.05) is 66.7 Å². The van der Waals surface area contributed by atoms with E-state index in [9.17, 15) is 14.4 Å². The zero-order valence-electron chi connectivity index (χ0n) is 13.1. The summed E-state index contributed by atoms with van der Waals surface area (Å²) >= 11 is 0. The van der Waals surface area contributed by atoms with Gasteiger partial charge in [-0.25, -0.2) is 4.57 Å². The number of phosphoric ester groups is 1. The maximum Gasteiger partial charge on any atom is 0.524 e. The second-order valence-electron chi connectivity index (χ2n) is 5.44. The highest BCUT2D eigenvalue weighted by atomic mass is 31.2. The first kappa shape index (κ1) is 16.5. The summed E-state index contributed by atoms with van der Waals surface area (Å²) in [5.41, 5.74) is 4.37. The van der Waals surface area contributed by atoms with E-state index >= 15 is 0 Å². The van der Waals surface area contributed by atoms with Crippen LogP contribution in [0.5, 0.6) is 5.75 Å². The molecule has 122 valence electrons. The van der Waals surface area contributed by atoms with Crippen LogP contribution < -0.4 is 4.52 Å². The molecule has 3 aromatic carbocycles. The Morgan fingerprint density at radius 3 is 1.75 bits per heavy atom. The quantitative estimate of drug-likeness (QED) is 0.670. The van der Waals surface area contributed by atoms with E-state index in [1.165, 1.54) is 0 Å². The van der Waals surface area contributed by atoms with E-state index < -0.39 is 7.82 Å². The van der Waals surface area contributed by atoms with Gasteiger partial charge in [0.15, 0.2) is 0 Å². The lowest BCUT2D eigenvalue weighted by molar-refractivity contribution is 0.283. The molecular weight excluding hydrogens is 323 g/mol. The van der Waals surface area contributed by atoms with Gasteiger partial charge in [-0.05, 0) is 35.2 Å². The maximum atomic E-state index is 11.4. The molecule has 3 rings (SSSR count). The standard InChI is InChI=1S/C19H17O4P/c1-14-12-13-17(23-24(20,21)22)19(16-10-6-3-7-11-16)18(14)15-8-4-2-5-9-15/h2-13H,1H3,(H2,20,21,22). The number of rotatable bonds is 4. The van der Waals surface area contributed by atoms with E-state index in [1.54, 1.807) is 12.1 Å². The Kier molecular flexibility index (Phi) is 4.54. The Bertz CT molecular complexity index is 886. The lowest BCUT2D eigenvalue weighted by Crippen LogP contribution is -1.97. The van der Waals surface area contributed by atoms with Gasteiger partial charge >= 0.3 is 7.82 Å². The first-order chi connectivity index (χ1) is 11.5. The SMILES string of the molecule is Cc1ccc(OP(=O)(O)O)c(-c2ccccc2)c1-c1ccccc1. The van der Waals surface area contributed by atoms with Gasteiger partial charge in [0.05, 0.1) is 0 Å². The molecule has 0 amide bonds. The van der Waals surface area contributed by atoms with E-state index in [-0.39, 0.29) is 5.75 Å². The highest BCUT2D eigenvalue weighted by Crippen LogP contribution is 2.47. The van der Waals surface area contributed by atoms with E-state index in [2.05, 4.69) is 0 Å². The molecule has 0 aliphatic rings. The van der Waals surface area contributed by atoms with Gasteiger partial charge in [0.2, 0.25) is 0 Å². The van der Waals surface area contributed by atoms with Crippen LogP contribution in [0.2, 0.25) is 0 Å². The van der Waals surface area contributed by atoms with Crippen molar-refractivity contribution in [3.8, 4) is 28.0 Å². The van der Waals surface area contributed by atoms with Gasteiger partial charge < -0.3 is 4.52 Å². The molecule has 0 atom stereocenters. The summed E-state index contributed by atoms with van der Waals surface area (Å²) in [5, 5.41) is 0. The maximum absolute atomic E-state index is 11.4. The topological polar surface area (TPSA) is 66.8 Å². The van der Waals surface area contributed by atoms with Crippen molar-refractivity contribution >= 4 is 7.82 Å². The van der Waals surface area contributed by atoms with E-state index in [1.807, 2.05) is 67.6 Å². The van der Waals surface area contributed by atoms with Crippen LogP contribution in [0.15, 0.2) is 72.8 Å². The van der Waals surface area contributed by atoms with Crippen molar-refractivity contribution in [2.45, 2.75) is 6.92 Å². The Hall–Kier alpha value is -2.39. The van der Waals surface area contributed by atoms with E-state index in [4.69, 9.17) is 4.52 Å². The van der Waals surface area contributed by atoms with Crippen LogP contribution in [-0.4, -0.2) is 9.79 Å². The zero-order valence-corrected chi connectivity index (χ0v) is 14.0. The summed E-state index contributed by atoms with van der Waals surface area (Å²) in [6.45, 7) is 1.97. The summed E-state index contributed by atoms with van der Waals surface area (Å²) in [7, 11) is -4.66. The second kappa shape index (κ2) is 6.62. The van der Waals surface area contributed by atoms with Crippen LogP contribution in [0.1, 0.15) is 5.56 Å². The first-order valence-electron chi connectivity index (χ1n) is 7.45. The van der Waals surface area contributed by atoms with Crippen molar-refractivity contribution in [1.29, 1.82) is 0 Å².